The highest BCUT2D eigenvalue weighted by molar-refractivity contribution is 7.26. The molecule has 0 radical (unpaired) electrons. The van der Waals surface area contributed by atoms with Gasteiger partial charge in [0.2, 0.25) is 0 Å². The lowest BCUT2D eigenvalue weighted by Crippen LogP contribution is -2.00. The second kappa shape index (κ2) is 31.5. The monoisotopic (exact) mass is 1800 g/mol. The van der Waals surface area contributed by atoms with Gasteiger partial charge in [0, 0.05) is 135 Å². The maximum Gasteiger partial charge on any atom is 0.167 e. The molecule has 0 N–H and O–H groups in total. The standard InChI is InChI=1S/C64H36N4O2.C64H36N4OS/c1-2-16-37(17-3-1)62-66-63(68-64(67-62)50-28-15-27-47-46-24-9-12-30-54(46)70-61(47)50)40-19-14-18-38(34-40)57-58-48-25-8-11-29-53(48)65-60(52(58)36-56-59(57)49-26-10-13-31-55(49)69-56)39-32-33-45-43-22-5-4-20-41(43)42-21-6-7-23-44(42)51(45)35-39;1-2-16-37(17-3-1)62-66-63(68-64(67-62)50-28-15-27-47-46-24-10-13-31-56(46)70-61(47)50)40-19-14-18-38(34-40)57-58-48-25-8-11-29-53(48)65-60(52(58)36-55-59(57)49-26-9-12-30-54(49)69-55)39-32-33-45-43-22-5-4-20-41(43)42-21-6-7-23-44(42)51(45)35-39/h2*1-36H. The Bertz CT molecular complexity index is 9860. The number of rotatable bonds is 10. The largest absolute Gasteiger partial charge is 0.456 e. The number of pyridine rings is 2. The molecule has 648 valence electrons. The smallest absolute Gasteiger partial charge is 0.167 e. The Morgan fingerprint density at radius 2 is 0.493 bits per heavy atom. The zero-order valence-electron chi connectivity index (χ0n) is 74.8. The van der Waals surface area contributed by atoms with E-state index in [-0.39, 0.29) is 0 Å². The second-order valence-electron chi connectivity index (χ2n) is 36.0. The minimum Gasteiger partial charge on any atom is -0.456 e. The van der Waals surface area contributed by atoms with Crippen molar-refractivity contribution in [2.75, 3.05) is 0 Å². The number of hydrogen-bond acceptors (Lipinski definition) is 12. The summed E-state index contributed by atoms with van der Waals surface area (Å²) in [5.41, 5.74) is 20.0. The number of fused-ring (bicyclic) bond motifs is 30. The number of thiophene rings is 1. The summed E-state index contributed by atoms with van der Waals surface area (Å²) in [6, 6.07) is 154. The van der Waals surface area contributed by atoms with E-state index in [1.165, 1.54) is 80.1 Å². The topological polar surface area (TPSA) is 143 Å². The van der Waals surface area contributed by atoms with Gasteiger partial charge in [-0.05, 0) is 161 Å². The fourth-order valence-corrected chi connectivity index (χ4v) is 23.1. The van der Waals surface area contributed by atoms with Crippen LogP contribution in [0.2, 0.25) is 0 Å². The summed E-state index contributed by atoms with van der Waals surface area (Å²) in [7, 11) is 0. The summed E-state index contributed by atoms with van der Waals surface area (Å²) in [5, 5.41) is 29.7. The summed E-state index contributed by atoms with van der Waals surface area (Å²) < 4.78 is 22.6. The van der Waals surface area contributed by atoms with Gasteiger partial charge in [-0.1, -0.05) is 352 Å². The maximum atomic E-state index is 6.84. The van der Waals surface area contributed by atoms with Crippen LogP contribution in [0.3, 0.4) is 0 Å². The van der Waals surface area contributed by atoms with Crippen molar-refractivity contribution in [3.05, 3.63) is 437 Å². The Labute approximate surface area is 802 Å². The molecule has 0 bridgehead atoms. The van der Waals surface area contributed by atoms with Gasteiger partial charge in [0.15, 0.2) is 34.9 Å². The summed E-state index contributed by atoms with van der Waals surface area (Å²) in [5.74, 6) is 3.51. The molecule has 30 aromatic rings. The Balaban J connectivity index is 0.000000134. The van der Waals surface area contributed by atoms with Crippen molar-refractivity contribution in [3.63, 3.8) is 0 Å². The van der Waals surface area contributed by atoms with Gasteiger partial charge in [-0.25, -0.2) is 39.9 Å². The lowest BCUT2D eigenvalue weighted by Gasteiger charge is -2.17. The first-order valence-electron chi connectivity index (χ1n) is 47.1. The third-order valence-electron chi connectivity index (χ3n) is 28.1. The van der Waals surface area contributed by atoms with Gasteiger partial charge >= 0.3 is 0 Å². The number of hydrogen-bond donors (Lipinski definition) is 0. The SMILES string of the molecule is c1ccc(-c2nc(-c3cccc(-c4c5c(cc6c(-c7ccc8c9ccccc9c9ccccc9c8c7)nc7ccccc7c46)oc4ccccc45)c3)nc(-c3cccc4c3oc3ccccc34)n2)cc1.c1ccc(-c2nc(-c3cccc(-c4c5c(cc6c(-c7ccc8c9ccccc9c9ccccc9c8c7)nc7ccccc7c46)oc4ccccc45)c3)nc(-c3cccc4c3sc3ccccc34)n2)cc1. The molecule has 8 heterocycles. The van der Waals surface area contributed by atoms with E-state index in [1.54, 1.807) is 11.3 Å². The molecule has 0 atom stereocenters. The molecule has 0 spiro atoms. The van der Waals surface area contributed by atoms with E-state index in [1.807, 2.05) is 91.0 Å². The summed E-state index contributed by atoms with van der Waals surface area (Å²) in [6.07, 6.45) is 0. The highest BCUT2D eigenvalue weighted by Gasteiger charge is 2.29. The second-order valence-corrected chi connectivity index (χ2v) is 37.1. The van der Waals surface area contributed by atoms with Gasteiger partial charge in [-0.15, -0.1) is 11.3 Å². The van der Waals surface area contributed by atoms with Crippen LogP contribution in [0.1, 0.15) is 0 Å². The predicted molar refractivity (Wildman–Crippen MR) is 579 cm³/mol. The van der Waals surface area contributed by atoms with Crippen LogP contribution in [0.5, 0.6) is 0 Å². The number of furan rings is 3. The first-order chi connectivity index (χ1) is 69.4. The zero-order chi connectivity index (χ0) is 91.7. The third kappa shape index (κ3) is 12.5. The molecule has 0 aliphatic rings. The third-order valence-corrected chi connectivity index (χ3v) is 29.4. The molecule has 0 unspecified atom stereocenters. The Morgan fingerprint density at radius 1 is 0.164 bits per heavy atom. The molecule has 22 aromatic carbocycles. The van der Waals surface area contributed by atoms with Crippen LogP contribution in [0.25, 0.3) is 307 Å². The van der Waals surface area contributed by atoms with Gasteiger partial charge in [-0.3, -0.25) is 0 Å². The average Bonchev–Trinajstić information content (AvgIpc) is 1.43. The van der Waals surface area contributed by atoms with Crippen LogP contribution in [0, 0.1) is 0 Å². The normalized spacial score (nSPS) is 12.0. The molecule has 0 amide bonds. The summed E-state index contributed by atoms with van der Waals surface area (Å²) in [6.45, 7) is 0. The van der Waals surface area contributed by atoms with Crippen molar-refractivity contribution in [2.24, 2.45) is 0 Å². The molecule has 8 aromatic heterocycles. The van der Waals surface area contributed by atoms with E-state index < -0.39 is 0 Å². The van der Waals surface area contributed by atoms with E-state index in [9.17, 15) is 0 Å². The van der Waals surface area contributed by atoms with Crippen molar-refractivity contribution in [1.82, 2.24) is 39.9 Å². The molecular weight excluding hydrogens is 1730 g/mol. The van der Waals surface area contributed by atoms with Gasteiger partial charge in [0.05, 0.1) is 28.0 Å². The highest BCUT2D eigenvalue weighted by atomic mass is 32.1. The number of para-hydroxylation sites is 6. The van der Waals surface area contributed by atoms with Crippen LogP contribution >= 0.6 is 11.3 Å². The van der Waals surface area contributed by atoms with E-state index in [0.29, 0.717) is 34.9 Å². The van der Waals surface area contributed by atoms with Crippen molar-refractivity contribution >= 4 is 205 Å². The lowest BCUT2D eigenvalue weighted by atomic mass is 9.88. The van der Waals surface area contributed by atoms with Gasteiger partial charge in [0.25, 0.3) is 0 Å². The number of benzene rings is 22. The molecule has 30 rings (SSSR count). The van der Waals surface area contributed by atoms with E-state index in [4.69, 9.17) is 53.1 Å². The first-order valence-corrected chi connectivity index (χ1v) is 47.9. The van der Waals surface area contributed by atoms with Crippen LogP contribution in [-0.2, 0) is 0 Å². The fraction of sp³-hybridized carbons (Fsp3) is 0. The molecule has 0 saturated carbocycles. The lowest BCUT2D eigenvalue weighted by molar-refractivity contribution is 0.669. The molecule has 0 aliphatic heterocycles. The van der Waals surface area contributed by atoms with Gasteiger partial charge < -0.3 is 13.3 Å². The minimum atomic E-state index is 0.533. The van der Waals surface area contributed by atoms with E-state index >= 15 is 0 Å². The van der Waals surface area contributed by atoms with Gasteiger partial charge in [0.1, 0.15) is 33.5 Å². The van der Waals surface area contributed by atoms with Crippen molar-refractivity contribution in [1.29, 1.82) is 0 Å². The number of nitrogens with zero attached hydrogens (tertiary/aromatic N) is 8. The first kappa shape index (κ1) is 78.8. The molecule has 11 nitrogen and oxygen atoms in total. The Kier molecular flexibility index (Phi) is 17.7. The van der Waals surface area contributed by atoms with E-state index in [2.05, 4.69) is 346 Å². The number of aromatic nitrogens is 8. The van der Waals surface area contributed by atoms with Crippen molar-refractivity contribution < 1.29 is 13.3 Å². The Morgan fingerprint density at radius 3 is 0.964 bits per heavy atom. The van der Waals surface area contributed by atoms with Crippen LogP contribution in [-0.4, -0.2) is 39.9 Å². The zero-order valence-corrected chi connectivity index (χ0v) is 75.6. The van der Waals surface area contributed by atoms with Crippen molar-refractivity contribution in [2.45, 2.75) is 0 Å². The molecule has 140 heavy (non-hydrogen) atoms. The molecular formula is C128H72N8O3S. The van der Waals surface area contributed by atoms with E-state index in [0.717, 1.165) is 192 Å². The van der Waals surface area contributed by atoms with Crippen LogP contribution in [0.4, 0.5) is 0 Å². The maximum absolute atomic E-state index is 6.84. The summed E-state index contributed by atoms with van der Waals surface area (Å²) in [4.78, 5) is 42.5. The Hall–Kier alpha value is -18.6. The van der Waals surface area contributed by atoms with Crippen LogP contribution in [0.15, 0.2) is 450 Å². The predicted octanol–water partition coefficient (Wildman–Crippen LogP) is 34.8. The van der Waals surface area contributed by atoms with Crippen molar-refractivity contribution in [3.8, 4) is 113 Å². The summed E-state index contributed by atoms with van der Waals surface area (Å²) >= 11 is 1.78. The molecule has 0 fully saturated rings. The highest BCUT2D eigenvalue weighted by Crippen LogP contribution is 2.53. The quantitative estimate of drug-likeness (QED) is 0.121. The van der Waals surface area contributed by atoms with Crippen LogP contribution < -0.4 is 0 Å². The minimum absolute atomic E-state index is 0.533. The average molecular weight is 1800 g/mol. The molecule has 0 aliphatic carbocycles. The molecule has 0 saturated heterocycles. The van der Waals surface area contributed by atoms with Gasteiger partial charge in [-0.2, -0.15) is 0 Å². The molecule has 12 heteroatoms. The fourth-order valence-electron chi connectivity index (χ4n) is 21.9.